The molecule has 90 valence electrons. The van der Waals surface area contributed by atoms with E-state index in [9.17, 15) is 4.79 Å². The summed E-state index contributed by atoms with van der Waals surface area (Å²) in [5.74, 6) is 0. The highest BCUT2D eigenvalue weighted by molar-refractivity contribution is 5.74. The van der Waals surface area contributed by atoms with Crippen LogP contribution in [-0.2, 0) is 6.42 Å². The number of hydrogen-bond acceptors (Lipinski definition) is 1. The van der Waals surface area contributed by atoms with Crippen LogP contribution in [0.15, 0.2) is 6.07 Å². The summed E-state index contributed by atoms with van der Waals surface area (Å²) in [7, 11) is 0. The molecule has 0 aliphatic heterocycles. The van der Waals surface area contributed by atoms with E-state index in [1.807, 2.05) is 20.8 Å². The molecule has 0 unspecified atom stereocenters. The van der Waals surface area contributed by atoms with Crippen LogP contribution < -0.4 is 10.6 Å². The Morgan fingerprint density at radius 3 is 2.62 bits per heavy atom. The van der Waals surface area contributed by atoms with Crippen molar-refractivity contribution in [1.82, 2.24) is 15.6 Å². The molecule has 0 aliphatic carbocycles. The van der Waals surface area contributed by atoms with Crippen LogP contribution in [0.4, 0.5) is 4.79 Å². The van der Waals surface area contributed by atoms with E-state index >= 15 is 0 Å². The molecule has 0 aromatic carbocycles. The van der Waals surface area contributed by atoms with Crippen molar-refractivity contribution in [3.63, 3.8) is 0 Å². The minimum atomic E-state index is -0.0973. The van der Waals surface area contributed by atoms with Gasteiger partial charge in [-0.2, -0.15) is 0 Å². The highest BCUT2D eigenvalue weighted by Gasteiger charge is 2.04. The first kappa shape index (κ1) is 12.6. The Hall–Kier alpha value is -1.45. The topological polar surface area (TPSA) is 56.9 Å². The Balaban J connectivity index is 2.30. The Bertz CT molecular complexity index is 355. The number of H-pyrrole nitrogens is 1. The summed E-state index contributed by atoms with van der Waals surface area (Å²) in [5.41, 5.74) is 3.62. The van der Waals surface area contributed by atoms with Crippen molar-refractivity contribution in [3.05, 3.63) is 23.0 Å². The van der Waals surface area contributed by atoms with Crippen molar-refractivity contribution >= 4 is 6.03 Å². The van der Waals surface area contributed by atoms with Crippen molar-refractivity contribution < 1.29 is 4.79 Å². The van der Waals surface area contributed by atoms with E-state index in [4.69, 9.17) is 0 Å². The second-order valence-electron chi connectivity index (χ2n) is 4.41. The van der Waals surface area contributed by atoms with Crippen molar-refractivity contribution in [2.45, 2.75) is 40.2 Å². The lowest BCUT2D eigenvalue weighted by Crippen LogP contribution is -2.40. The van der Waals surface area contributed by atoms with Gasteiger partial charge in [-0.3, -0.25) is 0 Å². The Morgan fingerprint density at radius 2 is 2.12 bits per heavy atom. The SMILES string of the molecule is Cc1cc(CCNC(=O)NC(C)C)c(C)[nH]1. The molecule has 0 bridgehead atoms. The molecule has 0 spiro atoms. The normalized spacial score (nSPS) is 10.6. The van der Waals surface area contributed by atoms with Crippen LogP contribution in [-0.4, -0.2) is 23.6 Å². The quantitative estimate of drug-likeness (QED) is 0.717. The first-order chi connectivity index (χ1) is 7.49. The highest BCUT2D eigenvalue weighted by Crippen LogP contribution is 2.09. The van der Waals surface area contributed by atoms with Crippen molar-refractivity contribution in [3.8, 4) is 0 Å². The third kappa shape index (κ3) is 3.96. The monoisotopic (exact) mass is 223 g/mol. The van der Waals surface area contributed by atoms with Gasteiger partial charge in [-0.15, -0.1) is 0 Å². The van der Waals surface area contributed by atoms with E-state index < -0.39 is 0 Å². The van der Waals surface area contributed by atoms with Crippen LogP contribution in [0.3, 0.4) is 0 Å². The Kier molecular flexibility index (Phi) is 4.40. The van der Waals surface area contributed by atoms with E-state index in [2.05, 4.69) is 28.6 Å². The van der Waals surface area contributed by atoms with E-state index in [1.54, 1.807) is 0 Å². The Labute approximate surface area is 96.8 Å². The van der Waals surface area contributed by atoms with Crippen LogP contribution in [0.5, 0.6) is 0 Å². The average molecular weight is 223 g/mol. The van der Waals surface area contributed by atoms with E-state index in [-0.39, 0.29) is 12.1 Å². The minimum absolute atomic E-state index is 0.0973. The smallest absolute Gasteiger partial charge is 0.314 e. The number of aromatic nitrogens is 1. The van der Waals surface area contributed by atoms with Crippen LogP contribution in [0.25, 0.3) is 0 Å². The molecule has 2 amide bonds. The fourth-order valence-electron chi connectivity index (χ4n) is 1.67. The minimum Gasteiger partial charge on any atom is -0.362 e. The largest absolute Gasteiger partial charge is 0.362 e. The fourth-order valence-corrected chi connectivity index (χ4v) is 1.67. The lowest BCUT2D eigenvalue weighted by molar-refractivity contribution is 0.238. The van der Waals surface area contributed by atoms with Gasteiger partial charge in [0, 0.05) is 24.0 Å². The third-order valence-corrected chi connectivity index (χ3v) is 2.36. The number of urea groups is 1. The number of carbonyl (C=O) groups excluding carboxylic acids is 1. The summed E-state index contributed by atoms with van der Waals surface area (Å²) >= 11 is 0. The van der Waals surface area contributed by atoms with Crippen molar-refractivity contribution in [2.24, 2.45) is 0 Å². The maximum Gasteiger partial charge on any atom is 0.314 e. The van der Waals surface area contributed by atoms with Crippen LogP contribution >= 0.6 is 0 Å². The molecular formula is C12H21N3O. The van der Waals surface area contributed by atoms with Crippen LogP contribution in [0, 0.1) is 13.8 Å². The number of hydrogen-bond donors (Lipinski definition) is 3. The van der Waals surface area contributed by atoms with Gasteiger partial charge in [-0.1, -0.05) is 0 Å². The average Bonchev–Trinajstić information content (AvgIpc) is 2.44. The van der Waals surface area contributed by atoms with Gasteiger partial charge < -0.3 is 15.6 Å². The summed E-state index contributed by atoms with van der Waals surface area (Å²) in [4.78, 5) is 14.6. The number of nitrogens with one attached hydrogen (secondary N) is 3. The molecule has 4 nitrogen and oxygen atoms in total. The highest BCUT2D eigenvalue weighted by atomic mass is 16.2. The van der Waals surface area contributed by atoms with E-state index in [1.165, 1.54) is 17.0 Å². The number of amides is 2. The molecule has 1 heterocycles. The second kappa shape index (κ2) is 5.58. The molecule has 0 saturated heterocycles. The molecule has 0 radical (unpaired) electrons. The fraction of sp³-hybridized carbons (Fsp3) is 0.583. The summed E-state index contributed by atoms with van der Waals surface area (Å²) in [6.45, 7) is 8.64. The lowest BCUT2D eigenvalue weighted by atomic mass is 10.2. The number of aromatic amines is 1. The summed E-state index contributed by atoms with van der Waals surface area (Å²) in [5, 5.41) is 5.63. The molecule has 16 heavy (non-hydrogen) atoms. The standard InChI is InChI=1S/C12H21N3O/c1-8(2)14-12(16)13-6-5-11-7-9(3)15-10(11)4/h7-8,15H,5-6H2,1-4H3,(H2,13,14,16). The molecule has 0 saturated carbocycles. The Morgan fingerprint density at radius 1 is 1.44 bits per heavy atom. The maximum atomic E-state index is 11.3. The van der Waals surface area contributed by atoms with Crippen LogP contribution in [0.1, 0.15) is 30.8 Å². The first-order valence-electron chi connectivity index (χ1n) is 5.68. The molecule has 0 aliphatic rings. The van der Waals surface area contributed by atoms with Crippen molar-refractivity contribution in [2.75, 3.05) is 6.54 Å². The van der Waals surface area contributed by atoms with Gasteiger partial charge >= 0.3 is 6.03 Å². The molecule has 4 heteroatoms. The first-order valence-corrected chi connectivity index (χ1v) is 5.68. The van der Waals surface area contributed by atoms with Crippen molar-refractivity contribution in [1.29, 1.82) is 0 Å². The van der Waals surface area contributed by atoms with Gasteiger partial charge in [0.1, 0.15) is 0 Å². The molecule has 0 fully saturated rings. The number of carbonyl (C=O) groups is 1. The number of rotatable bonds is 4. The summed E-state index contributed by atoms with van der Waals surface area (Å²) in [6.07, 6.45) is 0.863. The zero-order valence-electron chi connectivity index (χ0n) is 10.5. The van der Waals surface area contributed by atoms with E-state index in [0.29, 0.717) is 6.54 Å². The molecule has 3 N–H and O–H groups in total. The number of aryl methyl sites for hydroxylation is 2. The predicted molar refractivity (Wildman–Crippen MR) is 65.6 cm³/mol. The molecule has 1 aromatic rings. The molecule has 1 rings (SSSR count). The molecular weight excluding hydrogens is 202 g/mol. The van der Waals surface area contributed by atoms with E-state index in [0.717, 1.165) is 6.42 Å². The maximum absolute atomic E-state index is 11.3. The summed E-state index contributed by atoms with van der Waals surface area (Å²) < 4.78 is 0. The van der Waals surface area contributed by atoms with Gasteiger partial charge in [-0.25, -0.2) is 4.79 Å². The third-order valence-electron chi connectivity index (χ3n) is 2.36. The van der Waals surface area contributed by atoms with Gasteiger partial charge in [0.15, 0.2) is 0 Å². The van der Waals surface area contributed by atoms with Gasteiger partial charge in [0.2, 0.25) is 0 Å². The predicted octanol–water partition coefficient (Wildman–Crippen LogP) is 1.88. The lowest BCUT2D eigenvalue weighted by Gasteiger charge is -2.09. The molecule has 0 atom stereocenters. The zero-order valence-corrected chi connectivity index (χ0v) is 10.5. The van der Waals surface area contributed by atoms with Gasteiger partial charge in [0.25, 0.3) is 0 Å². The zero-order chi connectivity index (χ0) is 12.1. The summed E-state index contributed by atoms with van der Waals surface area (Å²) in [6, 6.07) is 2.20. The molecule has 1 aromatic heterocycles. The van der Waals surface area contributed by atoms with Crippen LogP contribution in [0.2, 0.25) is 0 Å². The van der Waals surface area contributed by atoms with Gasteiger partial charge in [0.05, 0.1) is 0 Å². The second-order valence-corrected chi connectivity index (χ2v) is 4.41. The van der Waals surface area contributed by atoms with Gasteiger partial charge in [-0.05, 0) is 45.7 Å².